The molecule has 0 aliphatic carbocycles. The number of carbonyl (C=O) groups excluding carboxylic acids is 1. The first-order chi connectivity index (χ1) is 18.4. The van der Waals surface area contributed by atoms with Crippen molar-refractivity contribution >= 4 is 5.97 Å². The highest BCUT2D eigenvalue weighted by Crippen LogP contribution is 2.17. The average molecular weight is 525 g/mol. The van der Waals surface area contributed by atoms with Crippen LogP contribution in [-0.2, 0) is 22.5 Å². The van der Waals surface area contributed by atoms with Crippen molar-refractivity contribution in [2.45, 2.75) is 97.4 Å². The van der Waals surface area contributed by atoms with Crippen LogP contribution >= 0.6 is 0 Å². The lowest BCUT2D eigenvalue weighted by atomic mass is 10.0. The Morgan fingerprint density at radius 1 is 0.789 bits per heavy atom. The predicted octanol–water partition coefficient (Wildman–Crippen LogP) is 8.37. The van der Waals surface area contributed by atoms with E-state index in [0.717, 1.165) is 36.2 Å². The van der Waals surface area contributed by atoms with Crippen LogP contribution in [-0.4, -0.2) is 44.3 Å². The Morgan fingerprint density at radius 2 is 1.42 bits per heavy atom. The van der Waals surface area contributed by atoms with E-state index in [-0.39, 0.29) is 18.5 Å². The lowest BCUT2D eigenvalue weighted by Crippen LogP contribution is -2.40. The number of ether oxygens (including phenoxy) is 2. The molecule has 0 saturated carbocycles. The molecule has 0 saturated heterocycles. The molecule has 1 atom stereocenters. The molecule has 0 bridgehead atoms. The molecule has 0 radical (unpaired) electrons. The van der Waals surface area contributed by atoms with Gasteiger partial charge in [0.1, 0.15) is 25.5 Å². The summed E-state index contributed by atoms with van der Waals surface area (Å²) in [7, 11) is 4.42. The highest BCUT2D eigenvalue weighted by Gasteiger charge is 2.21. The Bertz CT molecular complexity index is 880. The van der Waals surface area contributed by atoms with Gasteiger partial charge in [0.05, 0.1) is 26.6 Å². The van der Waals surface area contributed by atoms with E-state index in [0.29, 0.717) is 6.61 Å². The lowest BCUT2D eigenvalue weighted by Gasteiger charge is -2.30. The molecule has 0 amide bonds. The zero-order valence-corrected chi connectivity index (χ0v) is 24.8. The van der Waals surface area contributed by atoms with Gasteiger partial charge in [-0.05, 0) is 30.5 Å². The van der Waals surface area contributed by atoms with Gasteiger partial charge in [-0.1, -0.05) is 114 Å². The van der Waals surface area contributed by atoms with Gasteiger partial charge < -0.3 is 14.0 Å². The van der Waals surface area contributed by atoms with E-state index in [1.54, 1.807) is 0 Å². The van der Waals surface area contributed by atoms with Gasteiger partial charge in [-0.2, -0.15) is 0 Å². The van der Waals surface area contributed by atoms with Crippen LogP contribution in [0.5, 0.6) is 5.75 Å². The SMILES string of the molecule is CCCCCCCCCCCCc1cccc(OCCOC(=O)C(C)CC[N+](C)(C)Cc2ccccc2)c1. The number of hydrogen-bond acceptors (Lipinski definition) is 3. The second kappa shape index (κ2) is 18.8. The first kappa shape index (κ1) is 31.9. The molecule has 0 fully saturated rings. The molecule has 2 aromatic rings. The highest BCUT2D eigenvalue weighted by atomic mass is 16.6. The topological polar surface area (TPSA) is 35.5 Å². The minimum Gasteiger partial charge on any atom is -0.490 e. The summed E-state index contributed by atoms with van der Waals surface area (Å²) in [5.74, 6) is 0.606. The van der Waals surface area contributed by atoms with Crippen molar-refractivity contribution in [1.82, 2.24) is 0 Å². The molecule has 2 rings (SSSR count). The molecule has 0 aromatic heterocycles. The molecular weight excluding hydrogens is 470 g/mol. The standard InChI is InChI=1S/C34H54NO3/c1-5-6-7-8-9-10-11-12-13-15-19-31-22-18-23-33(28-31)37-26-27-38-34(36)30(2)24-25-35(3,4)29-32-20-16-14-17-21-32/h14,16-18,20-23,28,30H,5-13,15,19,24-27,29H2,1-4H3/q+1. The van der Waals surface area contributed by atoms with Crippen LogP contribution in [0, 0.1) is 5.92 Å². The molecule has 2 aromatic carbocycles. The predicted molar refractivity (Wildman–Crippen MR) is 159 cm³/mol. The van der Waals surface area contributed by atoms with Crippen LogP contribution in [0.1, 0.15) is 95.6 Å². The smallest absolute Gasteiger partial charge is 0.308 e. The first-order valence-corrected chi connectivity index (χ1v) is 15.1. The zero-order chi connectivity index (χ0) is 27.5. The van der Waals surface area contributed by atoms with Crippen molar-refractivity contribution in [2.75, 3.05) is 33.9 Å². The maximum atomic E-state index is 12.5. The van der Waals surface area contributed by atoms with Crippen LogP contribution in [0.25, 0.3) is 0 Å². The van der Waals surface area contributed by atoms with Crippen LogP contribution in [0.2, 0.25) is 0 Å². The molecule has 38 heavy (non-hydrogen) atoms. The molecule has 0 aliphatic heterocycles. The summed E-state index contributed by atoms with van der Waals surface area (Å²) in [5, 5.41) is 0. The van der Waals surface area contributed by atoms with E-state index < -0.39 is 0 Å². The van der Waals surface area contributed by atoms with Gasteiger partial charge in [-0.3, -0.25) is 4.79 Å². The fourth-order valence-corrected chi connectivity index (χ4v) is 4.87. The Labute approximate surface area is 233 Å². The average Bonchev–Trinajstić information content (AvgIpc) is 2.91. The number of unbranched alkanes of at least 4 members (excludes halogenated alkanes) is 9. The number of hydrogen-bond donors (Lipinski definition) is 0. The zero-order valence-electron chi connectivity index (χ0n) is 24.8. The van der Waals surface area contributed by atoms with Gasteiger partial charge in [0.25, 0.3) is 0 Å². The van der Waals surface area contributed by atoms with E-state index in [9.17, 15) is 4.79 Å². The maximum Gasteiger partial charge on any atom is 0.308 e. The number of esters is 1. The summed E-state index contributed by atoms with van der Waals surface area (Å²) in [4.78, 5) is 12.5. The summed E-state index contributed by atoms with van der Waals surface area (Å²) >= 11 is 0. The maximum absolute atomic E-state index is 12.5. The highest BCUT2D eigenvalue weighted by molar-refractivity contribution is 5.71. The molecule has 0 spiro atoms. The van der Waals surface area contributed by atoms with E-state index in [1.165, 1.54) is 75.3 Å². The minimum absolute atomic E-state index is 0.118. The first-order valence-electron chi connectivity index (χ1n) is 15.1. The van der Waals surface area contributed by atoms with E-state index in [2.05, 4.69) is 63.5 Å². The Kier molecular flexibility index (Phi) is 15.8. The van der Waals surface area contributed by atoms with Crippen molar-refractivity contribution in [3.8, 4) is 5.75 Å². The van der Waals surface area contributed by atoms with Crippen LogP contribution in [0.15, 0.2) is 54.6 Å². The number of aryl methyl sites for hydroxylation is 1. The van der Waals surface area contributed by atoms with Gasteiger partial charge in [0.15, 0.2) is 0 Å². The van der Waals surface area contributed by atoms with Gasteiger partial charge in [-0.25, -0.2) is 0 Å². The van der Waals surface area contributed by atoms with Crippen molar-refractivity contribution in [1.29, 1.82) is 0 Å². The fraction of sp³-hybridized carbons (Fsp3) is 0.618. The number of quaternary nitrogens is 1. The second-order valence-corrected chi connectivity index (χ2v) is 11.6. The summed E-state index contributed by atoms with van der Waals surface area (Å²) in [6.45, 7) is 6.78. The number of carbonyl (C=O) groups is 1. The Balaban J connectivity index is 1.55. The molecule has 0 heterocycles. The lowest BCUT2D eigenvalue weighted by molar-refractivity contribution is -0.904. The van der Waals surface area contributed by atoms with Crippen molar-refractivity contribution in [3.05, 3.63) is 65.7 Å². The molecule has 0 N–H and O–H groups in total. The molecule has 0 aliphatic rings. The fourth-order valence-electron chi connectivity index (χ4n) is 4.87. The van der Waals surface area contributed by atoms with Gasteiger partial charge in [0.2, 0.25) is 0 Å². The molecule has 4 heteroatoms. The van der Waals surface area contributed by atoms with E-state index >= 15 is 0 Å². The molecule has 212 valence electrons. The normalized spacial score (nSPS) is 12.3. The monoisotopic (exact) mass is 524 g/mol. The van der Waals surface area contributed by atoms with Gasteiger partial charge in [0, 0.05) is 12.0 Å². The minimum atomic E-state index is -0.136. The molecular formula is C34H54NO3+. The summed E-state index contributed by atoms with van der Waals surface area (Å²) in [6, 6.07) is 18.9. The third-order valence-electron chi connectivity index (χ3n) is 7.34. The summed E-state index contributed by atoms with van der Waals surface area (Å²) in [5.41, 5.74) is 2.64. The Morgan fingerprint density at radius 3 is 2.11 bits per heavy atom. The third-order valence-corrected chi connectivity index (χ3v) is 7.34. The van der Waals surface area contributed by atoms with Crippen LogP contribution in [0.4, 0.5) is 0 Å². The van der Waals surface area contributed by atoms with Crippen molar-refractivity contribution in [2.24, 2.45) is 5.92 Å². The van der Waals surface area contributed by atoms with Crippen LogP contribution < -0.4 is 4.74 Å². The van der Waals surface area contributed by atoms with Crippen LogP contribution in [0.3, 0.4) is 0 Å². The Hall–Kier alpha value is -2.33. The summed E-state index contributed by atoms with van der Waals surface area (Å²) < 4.78 is 12.2. The number of nitrogens with zero attached hydrogens (tertiary/aromatic N) is 1. The van der Waals surface area contributed by atoms with Gasteiger partial charge in [-0.15, -0.1) is 0 Å². The second-order valence-electron chi connectivity index (χ2n) is 11.6. The number of benzene rings is 2. The molecule has 1 unspecified atom stereocenters. The van der Waals surface area contributed by atoms with E-state index in [1.807, 2.05) is 19.1 Å². The third kappa shape index (κ3) is 14.6. The van der Waals surface area contributed by atoms with Crippen molar-refractivity contribution in [3.63, 3.8) is 0 Å². The summed E-state index contributed by atoms with van der Waals surface area (Å²) in [6.07, 6.45) is 15.5. The number of rotatable bonds is 21. The molecule has 4 nitrogen and oxygen atoms in total. The van der Waals surface area contributed by atoms with Crippen molar-refractivity contribution < 1.29 is 18.8 Å². The quantitative estimate of drug-likeness (QED) is 0.0934. The van der Waals surface area contributed by atoms with Gasteiger partial charge >= 0.3 is 5.97 Å². The van der Waals surface area contributed by atoms with E-state index in [4.69, 9.17) is 9.47 Å². The largest absolute Gasteiger partial charge is 0.490 e.